The van der Waals surface area contributed by atoms with Crippen molar-refractivity contribution >= 4 is 29.1 Å². The molecule has 0 aliphatic heterocycles. The van der Waals surface area contributed by atoms with Gasteiger partial charge in [-0.2, -0.15) is 0 Å². The number of halogens is 1. The lowest BCUT2D eigenvalue weighted by molar-refractivity contribution is -0.123. The SMILES string of the molecule is Cc1ccc(NC(=O)C[C@@H](C)CC(=O)N[C@H]2CCCc3ccccc32)cc1Cl. The van der Waals surface area contributed by atoms with Crippen molar-refractivity contribution in [3.8, 4) is 0 Å². The summed E-state index contributed by atoms with van der Waals surface area (Å²) >= 11 is 6.10. The van der Waals surface area contributed by atoms with Crippen LogP contribution in [0.5, 0.6) is 0 Å². The molecule has 2 aromatic rings. The van der Waals surface area contributed by atoms with Gasteiger partial charge >= 0.3 is 0 Å². The van der Waals surface area contributed by atoms with Crippen molar-refractivity contribution in [1.82, 2.24) is 5.32 Å². The number of rotatable bonds is 6. The summed E-state index contributed by atoms with van der Waals surface area (Å²) < 4.78 is 0. The number of carbonyl (C=O) groups is 2. The Kier molecular flexibility index (Phi) is 6.74. The Bertz CT molecular complexity index is 865. The van der Waals surface area contributed by atoms with Crippen LogP contribution in [0.1, 0.15) is 55.3 Å². The Morgan fingerprint density at radius 2 is 1.89 bits per heavy atom. The lowest BCUT2D eigenvalue weighted by atomic mass is 9.87. The van der Waals surface area contributed by atoms with E-state index in [-0.39, 0.29) is 23.8 Å². The molecule has 4 nitrogen and oxygen atoms in total. The van der Waals surface area contributed by atoms with Crippen LogP contribution in [0.4, 0.5) is 5.69 Å². The molecule has 2 N–H and O–H groups in total. The fourth-order valence-corrected chi connectivity index (χ4v) is 3.93. The monoisotopic (exact) mass is 398 g/mol. The van der Waals surface area contributed by atoms with E-state index in [1.807, 2.05) is 38.1 Å². The Balaban J connectivity index is 1.49. The van der Waals surface area contributed by atoms with Crippen molar-refractivity contribution in [2.45, 2.75) is 52.0 Å². The molecule has 2 amide bonds. The normalized spacial score (nSPS) is 16.8. The number of anilines is 1. The number of amides is 2. The molecule has 2 aromatic carbocycles. The van der Waals surface area contributed by atoms with Gasteiger partial charge in [-0.05, 0) is 60.9 Å². The Morgan fingerprint density at radius 1 is 1.14 bits per heavy atom. The summed E-state index contributed by atoms with van der Waals surface area (Å²) in [7, 11) is 0. The molecule has 5 heteroatoms. The van der Waals surface area contributed by atoms with Gasteiger partial charge in [0.25, 0.3) is 0 Å². The van der Waals surface area contributed by atoms with Gasteiger partial charge in [-0.25, -0.2) is 0 Å². The quantitative estimate of drug-likeness (QED) is 0.702. The van der Waals surface area contributed by atoms with Crippen molar-refractivity contribution in [1.29, 1.82) is 0 Å². The van der Waals surface area contributed by atoms with E-state index in [1.54, 1.807) is 6.07 Å². The molecular formula is C23H27ClN2O2. The van der Waals surface area contributed by atoms with E-state index in [2.05, 4.69) is 22.8 Å². The van der Waals surface area contributed by atoms with Gasteiger partial charge < -0.3 is 10.6 Å². The summed E-state index contributed by atoms with van der Waals surface area (Å²) in [6.07, 6.45) is 3.74. The molecule has 0 spiro atoms. The summed E-state index contributed by atoms with van der Waals surface area (Å²) in [5.41, 5.74) is 4.19. The third-order valence-electron chi connectivity index (χ3n) is 5.23. The van der Waals surface area contributed by atoms with E-state index in [9.17, 15) is 9.59 Å². The van der Waals surface area contributed by atoms with E-state index in [0.717, 1.165) is 24.8 Å². The first-order valence-corrected chi connectivity index (χ1v) is 10.2. The molecule has 0 saturated carbocycles. The van der Waals surface area contributed by atoms with Crippen molar-refractivity contribution in [3.05, 3.63) is 64.2 Å². The number of aryl methyl sites for hydroxylation is 2. The average Bonchev–Trinajstić information content (AvgIpc) is 2.64. The molecule has 0 saturated heterocycles. The molecule has 0 unspecified atom stereocenters. The van der Waals surface area contributed by atoms with Crippen LogP contribution in [-0.2, 0) is 16.0 Å². The second-order valence-electron chi connectivity index (χ2n) is 7.74. The van der Waals surface area contributed by atoms with Crippen LogP contribution in [0.15, 0.2) is 42.5 Å². The first-order valence-electron chi connectivity index (χ1n) is 9.85. The summed E-state index contributed by atoms with van der Waals surface area (Å²) in [6.45, 7) is 3.84. The van der Waals surface area contributed by atoms with Gasteiger partial charge in [-0.3, -0.25) is 9.59 Å². The molecule has 0 radical (unpaired) electrons. The van der Waals surface area contributed by atoms with E-state index in [4.69, 9.17) is 11.6 Å². The zero-order valence-corrected chi connectivity index (χ0v) is 17.2. The van der Waals surface area contributed by atoms with Crippen molar-refractivity contribution in [2.24, 2.45) is 5.92 Å². The van der Waals surface area contributed by atoms with Gasteiger partial charge in [0.05, 0.1) is 6.04 Å². The largest absolute Gasteiger partial charge is 0.349 e. The molecule has 2 atom stereocenters. The molecule has 28 heavy (non-hydrogen) atoms. The van der Waals surface area contributed by atoms with Gasteiger partial charge in [0.2, 0.25) is 11.8 Å². The minimum absolute atomic E-state index is 0.000355. The van der Waals surface area contributed by atoms with Gasteiger partial charge in [0.1, 0.15) is 0 Å². The predicted octanol–water partition coefficient (Wildman–Crippen LogP) is 5.20. The highest BCUT2D eigenvalue weighted by Crippen LogP contribution is 2.29. The fraction of sp³-hybridized carbons (Fsp3) is 0.391. The summed E-state index contributed by atoms with van der Waals surface area (Å²) in [4.78, 5) is 24.8. The number of hydrogen-bond acceptors (Lipinski definition) is 2. The van der Waals surface area contributed by atoms with Crippen LogP contribution in [0, 0.1) is 12.8 Å². The minimum atomic E-state index is -0.108. The van der Waals surface area contributed by atoms with Crippen LogP contribution in [0.2, 0.25) is 5.02 Å². The summed E-state index contributed by atoms with van der Waals surface area (Å²) in [6, 6.07) is 13.8. The molecule has 0 fully saturated rings. The topological polar surface area (TPSA) is 58.2 Å². The second-order valence-corrected chi connectivity index (χ2v) is 8.14. The van der Waals surface area contributed by atoms with Crippen LogP contribution in [0.3, 0.4) is 0 Å². The van der Waals surface area contributed by atoms with E-state index >= 15 is 0 Å². The lowest BCUT2D eigenvalue weighted by Crippen LogP contribution is -2.32. The fourth-order valence-electron chi connectivity index (χ4n) is 3.74. The van der Waals surface area contributed by atoms with Crippen molar-refractivity contribution in [3.63, 3.8) is 0 Å². The van der Waals surface area contributed by atoms with E-state index < -0.39 is 0 Å². The molecule has 0 heterocycles. The maximum Gasteiger partial charge on any atom is 0.224 e. The maximum absolute atomic E-state index is 12.5. The zero-order chi connectivity index (χ0) is 20.1. The number of benzene rings is 2. The Labute approximate surface area is 171 Å². The van der Waals surface area contributed by atoms with Gasteiger partial charge in [0, 0.05) is 23.6 Å². The first-order chi connectivity index (χ1) is 13.4. The van der Waals surface area contributed by atoms with Gasteiger partial charge in [0.15, 0.2) is 0 Å². The number of fused-ring (bicyclic) bond motifs is 1. The Hall–Kier alpha value is -2.33. The second kappa shape index (κ2) is 9.24. The molecule has 148 valence electrons. The average molecular weight is 399 g/mol. The predicted molar refractivity (Wildman–Crippen MR) is 113 cm³/mol. The standard InChI is InChI=1S/C23H27ClN2O2/c1-15(12-22(27)25-18-11-10-16(2)20(24)14-18)13-23(28)26-21-9-5-7-17-6-3-4-8-19(17)21/h3-4,6,8,10-11,14-15,21H,5,7,9,12-13H2,1-2H3,(H,25,27)(H,26,28)/t15-,21+/m1/s1. The van der Waals surface area contributed by atoms with Gasteiger partial charge in [-0.15, -0.1) is 0 Å². The van der Waals surface area contributed by atoms with E-state index in [1.165, 1.54) is 11.1 Å². The van der Waals surface area contributed by atoms with Crippen molar-refractivity contribution in [2.75, 3.05) is 5.32 Å². The summed E-state index contributed by atoms with van der Waals surface area (Å²) in [5.74, 6) is -0.150. The van der Waals surface area contributed by atoms with E-state index in [0.29, 0.717) is 23.6 Å². The number of carbonyl (C=O) groups excluding carboxylic acids is 2. The van der Waals surface area contributed by atoms with Crippen LogP contribution in [-0.4, -0.2) is 11.8 Å². The highest BCUT2D eigenvalue weighted by molar-refractivity contribution is 6.31. The lowest BCUT2D eigenvalue weighted by Gasteiger charge is -2.26. The molecular weight excluding hydrogens is 372 g/mol. The number of hydrogen-bond donors (Lipinski definition) is 2. The highest BCUT2D eigenvalue weighted by atomic mass is 35.5. The number of nitrogens with one attached hydrogen (secondary N) is 2. The summed E-state index contributed by atoms with van der Waals surface area (Å²) in [5, 5.41) is 6.63. The van der Waals surface area contributed by atoms with Crippen LogP contribution >= 0.6 is 11.6 Å². The smallest absolute Gasteiger partial charge is 0.224 e. The highest BCUT2D eigenvalue weighted by Gasteiger charge is 2.22. The van der Waals surface area contributed by atoms with Crippen molar-refractivity contribution < 1.29 is 9.59 Å². The minimum Gasteiger partial charge on any atom is -0.349 e. The third-order valence-corrected chi connectivity index (χ3v) is 5.64. The molecule has 0 bridgehead atoms. The Morgan fingerprint density at radius 3 is 2.68 bits per heavy atom. The first kappa shape index (κ1) is 20.4. The molecule has 0 aromatic heterocycles. The van der Waals surface area contributed by atoms with Gasteiger partial charge in [-0.1, -0.05) is 48.9 Å². The molecule has 1 aliphatic rings. The zero-order valence-electron chi connectivity index (χ0n) is 16.4. The van der Waals surface area contributed by atoms with Crippen LogP contribution < -0.4 is 10.6 Å². The third kappa shape index (κ3) is 5.35. The molecule has 1 aliphatic carbocycles. The maximum atomic E-state index is 12.5. The van der Waals surface area contributed by atoms with Crippen LogP contribution in [0.25, 0.3) is 0 Å². The molecule has 3 rings (SSSR count).